The van der Waals surface area contributed by atoms with Gasteiger partial charge < -0.3 is 10.4 Å². The van der Waals surface area contributed by atoms with Crippen molar-refractivity contribution in [2.75, 3.05) is 18.1 Å². The zero-order chi connectivity index (χ0) is 9.73. The average Bonchev–Trinajstić information content (AvgIpc) is 2.89. The van der Waals surface area contributed by atoms with Gasteiger partial charge in [-0.2, -0.15) is 11.8 Å². The summed E-state index contributed by atoms with van der Waals surface area (Å²) in [5, 5.41) is 12.8. The second-order valence-electron chi connectivity index (χ2n) is 4.19. The molecular formula is C10H21NOS. The van der Waals surface area contributed by atoms with E-state index in [0.29, 0.717) is 6.04 Å². The Bertz CT molecular complexity index is 150. The monoisotopic (exact) mass is 203 g/mol. The topological polar surface area (TPSA) is 32.3 Å². The lowest BCUT2D eigenvalue weighted by molar-refractivity contribution is 0.190. The third-order valence-corrected chi connectivity index (χ3v) is 3.79. The molecule has 1 atom stereocenters. The molecule has 0 aromatic rings. The summed E-state index contributed by atoms with van der Waals surface area (Å²) >= 11 is 1.93. The summed E-state index contributed by atoms with van der Waals surface area (Å²) in [5.74, 6) is 2.22. The second kappa shape index (κ2) is 5.23. The summed E-state index contributed by atoms with van der Waals surface area (Å²) in [4.78, 5) is 0. The van der Waals surface area contributed by atoms with Gasteiger partial charge in [-0.05, 0) is 31.9 Å². The van der Waals surface area contributed by atoms with Crippen molar-refractivity contribution >= 4 is 11.8 Å². The van der Waals surface area contributed by atoms with Crippen LogP contribution in [0.3, 0.4) is 0 Å². The molecule has 1 aliphatic rings. The first kappa shape index (κ1) is 11.3. The summed E-state index contributed by atoms with van der Waals surface area (Å²) in [5.41, 5.74) is -0.0546. The number of rotatable bonds is 7. The van der Waals surface area contributed by atoms with Crippen molar-refractivity contribution < 1.29 is 5.11 Å². The van der Waals surface area contributed by atoms with Gasteiger partial charge in [-0.25, -0.2) is 0 Å². The van der Waals surface area contributed by atoms with Crippen LogP contribution in [0.5, 0.6) is 0 Å². The average molecular weight is 203 g/mol. The van der Waals surface area contributed by atoms with Crippen molar-refractivity contribution in [3.8, 4) is 0 Å². The van der Waals surface area contributed by atoms with E-state index in [9.17, 15) is 5.11 Å². The largest absolute Gasteiger partial charge is 0.394 e. The standard InChI is InChI=1S/C10H21NOS/c1-3-6-13-8-10(2,7-12)11-9-4-5-9/h9,11-12H,3-8H2,1-2H3. The summed E-state index contributed by atoms with van der Waals surface area (Å²) < 4.78 is 0. The molecule has 78 valence electrons. The van der Waals surface area contributed by atoms with E-state index in [2.05, 4.69) is 19.2 Å². The van der Waals surface area contributed by atoms with Crippen LogP contribution in [0, 0.1) is 0 Å². The van der Waals surface area contributed by atoms with Gasteiger partial charge in [0.25, 0.3) is 0 Å². The van der Waals surface area contributed by atoms with Crippen LogP contribution in [-0.4, -0.2) is 34.8 Å². The van der Waals surface area contributed by atoms with Gasteiger partial charge in [-0.1, -0.05) is 6.92 Å². The lowest BCUT2D eigenvalue weighted by Gasteiger charge is -2.28. The molecule has 1 rings (SSSR count). The zero-order valence-corrected chi connectivity index (χ0v) is 9.49. The van der Waals surface area contributed by atoms with Crippen LogP contribution in [0.15, 0.2) is 0 Å². The first-order valence-electron chi connectivity index (χ1n) is 5.16. The Kier molecular flexibility index (Phi) is 4.56. The number of nitrogens with one attached hydrogen (secondary N) is 1. The fraction of sp³-hybridized carbons (Fsp3) is 1.00. The molecule has 0 aliphatic heterocycles. The van der Waals surface area contributed by atoms with Gasteiger partial charge in [0.1, 0.15) is 0 Å². The van der Waals surface area contributed by atoms with Crippen LogP contribution >= 0.6 is 11.8 Å². The fourth-order valence-corrected chi connectivity index (χ4v) is 2.35. The highest BCUT2D eigenvalue weighted by atomic mass is 32.2. The Balaban J connectivity index is 2.20. The van der Waals surface area contributed by atoms with Crippen molar-refractivity contribution in [3.63, 3.8) is 0 Å². The van der Waals surface area contributed by atoms with Crippen LogP contribution in [0.2, 0.25) is 0 Å². The van der Waals surface area contributed by atoms with Gasteiger partial charge in [0.2, 0.25) is 0 Å². The number of hydrogen-bond donors (Lipinski definition) is 2. The molecule has 2 nitrogen and oxygen atoms in total. The van der Waals surface area contributed by atoms with Gasteiger partial charge in [0.05, 0.1) is 6.61 Å². The van der Waals surface area contributed by atoms with Crippen molar-refractivity contribution in [3.05, 3.63) is 0 Å². The van der Waals surface area contributed by atoms with Crippen molar-refractivity contribution in [1.82, 2.24) is 5.32 Å². The third-order valence-electron chi connectivity index (χ3n) is 2.25. The number of aliphatic hydroxyl groups is 1. The van der Waals surface area contributed by atoms with Crippen LogP contribution in [0.4, 0.5) is 0 Å². The third kappa shape index (κ3) is 4.34. The molecule has 1 unspecified atom stereocenters. The maximum Gasteiger partial charge on any atom is 0.0618 e. The molecule has 1 saturated carbocycles. The van der Waals surface area contributed by atoms with E-state index in [0.717, 1.165) is 5.75 Å². The number of thioether (sulfide) groups is 1. The van der Waals surface area contributed by atoms with E-state index in [1.807, 2.05) is 11.8 Å². The van der Waals surface area contributed by atoms with Gasteiger partial charge >= 0.3 is 0 Å². The lowest BCUT2D eigenvalue weighted by Crippen LogP contribution is -2.49. The Morgan fingerprint density at radius 3 is 2.69 bits per heavy atom. The van der Waals surface area contributed by atoms with E-state index in [1.54, 1.807) is 0 Å². The summed E-state index contributed by atoms with van der Waals surface area (Å²) in [6, 6.07) is 0.680. The second-order valence-corrected chi connectivity index (χ2v) is 5.30. The highest BCUT2D eigenvalue weighted by molar-refractivity contribution is 7.99. The SMILES string of the molecule is CCCSCC(C)(CO)NC1CC1. The molecule has 0 spiro atoms. The summed E-state index contributed by atoms with van der Waals surface area (Å²) in [6.45, 7) is 4.56. The van der Waals surface area contributed by atoms with Gasteiger partial charge in [-0.15, -0.1) is 0 Å². The predicted octanol–water partition coefficient (Wildman–Crippen LogP) is 1.63. The quantitative estimate of drug-likeness (QED) is 0.617. The Labute approximate surface area is 85.5 Å². The number of aliphatic hydroxyl groups excluding tert-OH is 1. The summed E-state index contributed by atoms with van der Waals surface area (Å²) in [7, 11) is 0. The maximum atomic E-state index is 9.29. The maximum absolute atomic E-state index is 9.29. The van der Waals surface area contributed by atoms with E-state index in [-0.39, 0.29) is 12.1 Å². The smallest absolute Gasteiger partial charge is 0.0618 e. The van der Waals surface area contributed by atoms with Crippen molar-refractivity contribution in [1.29, 1.82) is 0 Å². The van der Waals surface area contributed by atoms with Gasteiger partial charge in [0.15, 0.2) is 0 Å². The molecule has 2 N–H and O–H groups in total. The molecular weight excluding hydrogens is 182 g/mol. The number of hydrogen-bond acceptors (Lipinski definition) is 3. The van der Waals surface area contributed by atoms with Gasteiger partial charge in [0, 0.05) is 17.3 Å². The molecule has 0 bridgehead atoms. The van der Waals surface area contributed by atoms with Crippen LogP contribution in [-0.2, 0) is 0 Å². The van der Waals surface area contributed by atoms with E-state index < -0.39 is 0 Å². The van der Waals surface area contributed by atoms with Crippen LogP contribution < -0.4 is 5.32 Å². The highest BCUT2D eigenvalue weighted by Crippen LogP contribution is 2.24. The molecule has 1 aliphatic carbocycles. The molecule has 13 heavy (non-hydrogen) atoms. The van der Waals surface area contributed by atoms with E-state index in [4.69, 9.17) is 0 Å². The highest BCUT2D eigenvalue weighted by Gasteiger charge is 2.31. The molecule has 0 amide bonds. The minimum Gasteiger partial charge on any atom is -0.394 e. The lowest BCUT2D eigenvalue weighted by atomic mass is 10.1. The molecule has 0 saturated heterocycles. The van der Waals surface area contributed by atoms with Crippen molar-refractivity contribution in [2.45, 2.75) is 44.7 Å². The van der Waals surface area contributed by atoms with Crippen molar-refractivity contribution in [2.24, 2.45) is 0 Å². The van der Waals surface area contributed by atoms with E-state index in [1.165, 1.54) is 25.0 Å². The molecule has 0 aromatic carbocycles. The molecule has 1 fully saturated rings. The molecule has 0 heterocycles. The normalized spacial score (nSPS) is 21.5. The molecule has 0 aromatic heterocycles. The van der Waals surface area contributed by atoms with E-state index >= 15 is 0 Å². The first-order valence-corrected chi connectivity index (χ1v) is 6.32. The minimum atomic E-state index is -0.0546. The fourth-order valence-electron chi connectivity index (χ4n) is 1.30. The van der Waals surface area contributed by atoms with Crippen LogP contribution in [0.1, 0.15) is 33.1 Å². The molecule has 3 heteroatoms. The zero-order valence-electron chi connectivity index (χ0n) is 8.68. The Hall–Kier alpha value is 0.270. The predicted molar refractivity (Wildman–Crippen MR) is 59.3 cm³/mol. The first-order chi connectivity index (χ1) is 6.20. The molecule has 0 radical (unpaired) electrons. The Morgan fingerprint density at radius 2 is 2.23 bits per heavy atom. The minimum absolute atomic E-state index is 0.0546. The van der Waals surface area contributed by atoms with Crippen LogP contribution in [0.25, 0.3) is 0 Å². The summed E-state index contributed by atoms with van der Waals surface area (Å²) in [6.07, 6.45) is 3.79. The Morgan fingerprint density at radius 1 is 1.54 bits per heavy atom. The van der Waals surface area contributed by atoms with Gasteiger partial charge in [-0.3, -0.25) is 0 Å².